The van der Waals surface area contributed by atoms with Crippen LogP contribution in [-0.4, -0.2) is 29.4 Å². The largest absolute Gasteiger partial charge is 0.436 e. The highest BCUT2D eigenvalue weighted by Gasteiger charge is 2.39. The van der Waals surface area contributed by atoms with E-state index in [-0.39, 0.29) is 11.5 Å². The van der Waals surface area contributed by atoms with Crippen molar-refractivity contribution in [1.82, 2.24) is 29.4 Å². The molecule has 0 aromatic carbocycles. The smallest absolute Gasteiger partial charge is 0.262 e. The van der Waals surface area contributed by atoms with Gasteiger partial charge in [-0.25, -0.2) is 14.5 Å². The van der Waals surface area contributed by atoms with E-state index < -0.39 is 16.9 Å². The number of aryl methyl sites for hydroxylation is 2. The van der Waals surface area contributed by atoms with Gasteiger partial charge in [0.25, 0.3) is 0 Å². The number of aromatic nitrogens is 6. The van der Waals surface area contributed by atoms with Gasteiger partial charge in [-0.2, -0.15) is 18.3 Å². The van der Waals surface area contributed by atoms with Gasteiger partial charge in [-0.15, -0.1) is 16.4 Å². The zero-order chi connectivity index (χ0) is 20.5. The first-order valence-corrected chi connectivity index (χ1v) is 10.4. The van der Waals surface area contributed by atoms with E-state index in [0.717, 1.165) is 40.6 Å². The molecule has 0 fully saturated rings. The number of rotatable bonds is 2. The fraction of sp³-hybridized carbons (Fsp3) is 0.444. The summed E-state index contributed by atoms with van der Waals surface area (Å²) in [6.07, 6.45) is 1.13. The Morgan fingerprint density at radius 1 is 1.31 bits per heavy atom. The lowest BCUT2D eigenvalue weighted by Crippen LogP contribution is -2.11. The highest BCUT2D eigenvalue weighted by Crippen LogP contribution is 2.41. The van der Waals surface area contributed by atoms with Gasteiger partial charge in [0.1, 0.15) is 21.9 Å². The molecule has 0 saturated carbocycles. The Kier molecular flexibility index (Phi) is 4.15. The predicted octanol–water partition coefficient (Wildman–Crippen LogP) is 4.93. The minimum Gasteiger partial charge on any atom is -0.262 e. The fourth-order valence-electron chi connectivity index (χ4n) is 4.01. The van der Waals surface area contributed by atoms with E-state index >= 15 is 0 Å². The molecule has 0 amide bonds. The van der Waals surface area contributed by atoms with Crippen LogP contribution in [0.5, 0.6) is 0 Å². The molecule has 1 aliphatic rings. The second-order valence-corrected chi connectivity index (χ2v) is 8.74. The maximum atomic E-state index is 13.2. The lowest BCUT2D eigenvalue weighted by atomic mass is 9.86. The van der Waals surface area contributed by atoms with E-state index in [1.807, 2.05) is 0 Å². The van der Waals surface area contributed by atoms with Gasteiger partial charge in [0.2, 0.25) is 5.82 Å². The first kappa shape index (κ1) is 18.8. The standard InChI is InChI=1S/C18H16ClF3N6S/c1-3-8-4-5-9-10(6-8)29-17-11(9)16-24-15(26-28(16)7-23-17)13-12(19)14(18(20,21)22)25-27(13)2/h7-8H,3-6H2,1-2H3/t8-/m0/s1. The first-order chi connectivity index (χ1) is 13.8. The van der Waals surface area contributed by atoms with Crippen LogP contribution < -0.4 is 0 Å². The Morgan fingerprint density at radius 3 is 2.79 bits per heavy atom. The molecule has 0 saturated heterocycles. The highest BCUT2D eigenvalue weighted by molar-refractivity contribution is 7.19. The van der Waals surface area contributed by atoms with Crippen molar-refractivity contribution in [3.63, 3.8) is 0 Å². The molecule has 0 bridgehead atoms. The van der Waals surface area contributed by atoms with Crippen molar-refractivity contribution in [2.45, 2.75) is 38.8 Å². The van der Waals surface area contributed by atoms with Gasteiger partial charge in [-0.1, -0.05) is 24.9 Å². The van der Waals surface area contributed by atoms with Gasteiger partial charge < -0.3 is 0 Å². The minimum absolute atomic E-state index is 0.0333. The number of nitrogens with zero attached hydrogens (tertiary/aromatic N) is 6. The Labute approximate surface area is 172 Å². The van der Waals surface area contributed by atoms with E-state index in [1.54, 1.807) is 17.7 Å². The van der Waals surface area contributed by atoms with Crippen LogP contribution in [0, 0.1) is 5.92 Å². The van der Waals surface area contributed by atoms with E-state index in [2.05, 4.69) is 27.1 Å². The van der Waals surface area contributed by atoms with Crippen LogP contribution >= 0.6 is 22.9 Å². The van der Waals surface area contributed by atoms with E-state index in [0.29, 0.717) is 11.6 Å². The fourth-order valence-corrected chi connectivity index (χ4v) is 5.66. The average Bonchev–Trinajstić information content (AvgIpc) is 3.32. The molecule has 0 N–H and O–H groups in total. The molecule has 29 heavy (non-hydrogen) atoms. The summed E-state index contributed by atoms with van der Waals surface area (Å²) in [4.78, 5) is 11.3. The van der Waals surface area contributed by atoms with Crippen LogP contribution in [0.15, 0.2) is 6.33 Å². The monoisotopic (exact) mass is 440 g/mol. The van der Waals surface area contributed by atoms with Crippen molar-refractivity contribution in [3.05, 3.63) is 27.5 Å². The Morgan fingerprint density at radius 2 is 2.10 bits per heavy atom. The summed E-state index contributed by atoms with van der Waals surface area (Å²) in [5.74, 6) is 0.769. The summed E-state index contributed by atoms with van der Waals surface area (Å²) >= 11 is 7.68. The number of hydrogen-bond donors (Lipinski definition) is 0. The van der Waals surface area contributed by atoms with E-state index in [4.69, 9.17) is 11.6 Å². The van der Waals surface area contributed by atoms with Gasteiger partial charge >= 0.3 is 6.18 Å². The summed E-state index contributed by atoms with van der Waals surface area (Å²) in [6, 6.07) is 0. The molecular weight excluding hydrogens is 425 g/mol. The van der Waals surface area contributed by atoms with Crippen LogP contribution in [-0.2, 0) is 26.1 Å². The van der Waals surface area contributed by atoms with E-state index in [9.17, 15) is 13.2 Å². The summed E-state index contributed by atoms with van der Waals surface area (Å²) in [5.41, 5.74) is 0.713. The normalized spacial score (nSPS) is 17.4. The number of hydrogen-bond acceptors (Lipinski definition) is 5. The van der Waals surface area contributed by atoms with Gasteiger partial charge in [0.15, 0.2) is 11.3 Å². The van der Waals surface area contributed by atoms with Crippen molar-refractivity contribution in [3.8, 4) is 11.5 Å². The molecule has 4 aromatic heterocycles. The molecule has 4 aromatic rings. The quantitative estimate of drug-likeness (QED) is 0.443. The van der Waals surface area contributed by atoms with Gasteiger partial charge in [-0.05, 0) is 30.7 Å². The molecule has 11 heteroatoms. The second kappa shape index (κ2) is 6.40. The number of halogens is 4. The summed E-state index contributed by atoms with van der Waals surface area (Å²) in [7, 11) is 1.40. The second-order valence-electron chi connectivity index (χ2n) is 7.28. The van der Waals surface area contributed by atoms with E-state index in [1.165, 1.54) is 22.0 Å². The van der Waals surface area contributed by atoms with Crippen LogP contribution in [0.4, 0.5) is 13.2 Å². The highest BCUT2D eigenvalue weighted by atomic mass is 35.5. The van der Waals surface area contributed by atoms with Crippen LogP contribution in [0.25, 0.3) is 27.4 Å². The topological polar surface area (TPSA) is 60.9 Å². The number of alkyl halides is 3. The van der Waals surface area contributed by atoms with Gasteiger partial charge in [-0.3, -0.25) is 4.68 Å². The lowest BCUT2D eigenvalue weighted by molar-refractivity contribution is -0.141. The third-order valence-corrected chi connectivity index (χ3v) is 7.06. The summed E-state index contributed by atoms with van der Waals surface area (Å²) in [6.45, 7) is 2.21. The van der Waals surface area contributed by atoms with Crippen LogP contribution in [0.2, 0.25) is 5.02 Å². The Bertz CT molecular complexity index is 1250. The van der Waals surface area contributed by atoms with Gasteiger partial charge in [0.05, 0.1) is 5.39 Å². The predicted molar refractivity (Wildman–Crippen MR) is 104 cm³/mol. The van der Waals surface area contributed by atoms with Crippen molar-refractivity contribution >= 4 is 38.8 Å². The zero-order valence-electron chi connectivity index (χ0n) is 15.6. The van der Waals surface area contributed by atoms with Crippen molar-refractivity contribution in [2.24, 2.45) is 13.0 Å². The molecule has 5 rings (SSSR count). The Balaban J connectivity index is 1.70. The summed E-state index contributed by atoms with van der Waals surface area (Å²) < 4.78 is 42.1. The van der Waals surface area contributed by atoms with Crippen molar-refractivity contribution in [2.75, 3.05) is 0 Å². The molecule has 0 spiro atoms. The minimum atomic E-state index is -4.65. The average molecular weight is 441 g/mol. The molecule has 152 valence electrons. The molecule has 0 unspecified atom stereocenters. The molecule has 0 aliphatic heterocycles. The molecule has 1 aliphatic carbocycles. The Hall–Kier alpha value is -2.20. The lowest BCUT2D eigenvalue weighted by Gasteiger charge is -2.20. The first-order valence-electron chi connectivity index (χ1n) is 9.23. The molecule has 0 radical (unpaired) electrons. The van der Waals surface area contributed by atoms with Gasteiger partial charge in [0, 0.05) is 11.9 Å². The molecule has 6 nitrogen and oxygen atoms in total. The maximum absolute atomic E-state index is 13.2. The zero-order valence-corrected chi connectivity index (χ0v) is 17.2. The molecular formula is C18H16ClF3N6S. The van der Waals surface area contributed by atoms with Crippen molar-refractivity contribution in [1.29, 1.82) is 0 Å². The third-order valence-electron chi connectivity index (χ3n) is 5.54. The number of thiophene rings is 1. The molecule has 1 atom stereocenters. The maximum Gasteiger partial charge on any atom is 0.436 e. The third kappa shape index (κ3) is 2.83. The van der Waals surface area contributed by atoms with Crippen LogP contribution in [0.3, 0.4) is 0 Å². The van der Waals surface area contributed by atoms with Crippen molar-refractivity contribution < 1.29 is 13.2 Å². The van der Waals surface area contributed by atoms with Crippen LogP contribution in [0.1, 0.15) is 35.9 Å². The molecule has 4 heterocycles. The SMILES string of the molecule is CC[C@H]1CCc2c(sc3ncn4nc(-c5c(Cl)c(C(F)(F)F)nn5C)nc4c23)C1. The summed E-state index contributed by atoms with van der Waals surface area (Å²) in [5, 5.41) is 8.31. The number of fused-ring (bicyclic) bond motifs is 5.